The lowest BCUT2D eigenvalue weighted by atomic mass is 9.98. The molecule has 0 saturated heterocycles. The highest BCUT2D eigenvalue weighted by Gasteiger charge is 2.50. The van der Waals surface area contributed by atoms with Crippen molar-refractivity contribution < 1.29 is 9.90 Å². The second kappa shape index (κ2) is 6.45. The number of rotatable bonds is 4. The van der Waals surface area contributed by atoms with Crippen LogP contribution in [0.5, 0.6) is 0 Å². The van der Waals surface area contributed by atoms with Crippen LogP contribution in [0.15, 0.2) is 65.7 Å². The Hall–Kier alpha value is -2.46. The van der Waals surface area contributed by atoms with Crippen molar-refractivity contribution in [1.82, 2.24) is 4.90 Å². The van der Waals surface area contributed by atoms with E-state index in [4.69, 9.17) is 4.99 Å². The number of amidine groups is 1. The molecule has 1 aliphatic carbocycles. The van der Waals surface area contributed by atoms with Gasteiger partial charge in [-0.2, -0.15) is 0 Å². The number of nitrogens with zero attached hydrogens (tertiary/aromatic N) is 2. The summed E-state index contributed by atoms with van der Waals surface area (Å²) in [4.78, 5) is 19.7. The lowest BCUT2D eigenvalue weighted by Gasteiger charge is -2.24. The molecule has 1 fully saturated rings. The van der Waals surface area contributed by atoms with E-state index in [1.165, 1.54) is 0 Å². The Kier molecular flexibility index (Phi) is 4.14. The number of hydrogen-bond acceptors (Lipinski definition) is 3. The molecule has 0 aromatic heterocycles. The SMILES string of the molecule is O=C1N(Cc2ccccc2)C([C@@H](O)c2ccccc2)=NC12CCCC2. The number of hydrogen-bond donors (Lipinski definition) is 1. The van der Waals surface area contributed by atoms with Crippen molar-refractivity contribution in [2.75, 3.05) is 0 Å². The second-order valence-electron chi connectivity index (χ2n) is 6.90. The van der Waals surface area contributed by atoms with E-state index >= 15 is 0 Å². The van der Waals surface area contributed by atoms with Crippen molar-refractivity contribution in [2.24, 2.45) is 4.99 Å². The minimum Gasteiger partial charge on any atom is -0.380 e. The van der Waals surface area contributed by atoms with Gasteiger partial charge in [0.25, 0.3) is 5.91 Å². The Morgan fingerprint density at radius 2 is 1.60 bits per heavy atom. The Morgan fingerprint density at radius 3 is 2.24 bits per heavy atom. The van der Waals surface area contributed by atoms with E-state index in [1.807, 2.05) is 60.7 Å². The fourth-order valence-electron chi connectivity index (χ4n) is 3.88. The van der Waals surface area contributed by atoms with Gasteiger partial charge < -0.3 is 5.11 Å². The van der Waals surface area contributed by atoms with Crippen molar-refractivity contribution in [2.45, 2.75) is 43.9 Å². The summed E-state index contributed by atoms with van der Waals surface area (Å²) in [5.74, 6) is 0.529. The standard InChI is InChI=1S/C21H22N2O2/c24-18(17-11-5-2-6-12-17)19-22-21(13-7-8-14-21)20(25)23(19)15-16-9-3-1-4-10-16/h1-6,9-12,18,24H,7-8,13-15H2/t18-/m0/s1. The molecule has 0 radical (unpaired) electrons. The van der Waals surface area contributed by atoms with E-state index in [0.717, 1.165) is 36.8 Å². The van der Waals surface area contributed by atoms with Gasteiger partial charge in [0.15, 0.2) is 0 Å². The van der Waals surface area contributed by atoms with Gasteiger partial charge in [-0.3, -0.25) is 14.7 Å². The molecule has 1 atom stereocenters. The van der Waals surface area contributed by atoms with Gasteiger partial charge in [0.2, 0.25) is 0 Å². The van der Waals surface area contributed by atoms with Gasteiger partial charge in [-0.05, 0) is 24.0 Å². The predicted octanol–water partition coefficient (Wildman–Crippen LogP) is 3.47. The zero-order valence-corrected chi connectivity index (χ0v) is 14.1. The molecule has 0 unspecified atom stereocenters. The van der Waals surface area contributed by atoms with Crippen LogP contribution in [-0.4, -0.2) is 27.3 Å². The summed E-state index contributed by atoms with van der Waals surface area (Å²) in [7, 11) is 0. The monoisotopic (exact) mass is 334 g/mol. The minimum absolute atomic E-state index is 0.0406. The van der Waals surface area contributed by atoms with E-state index < -0.39 is 11.6 Å². The van der Waals surface area contributed by atoms with Gasteiger partial charge in [-0.1, -0.05) is 73.5 Å². The Bertz CT molecular complexity index is 780. The van der Waals surface area contributed by atoms with Gasteiger partial charge in [0.1, 0.15) is 17.5 Å². The van der Waals surface area contributed by atoms with Gasteiger partial charge in [-0.25, -0.2) is 0 Å². The first kappa shape index (κ1) is 16.0. The van der Waals surface area contributed by atoms with Crippen LogP contribution in [0.25, 0.3) is 0 Å². The maximum Gasteiger partial charge on any atom is 0.256 e. The molecule has 4 nitrogen and oxygen atoms in total. The van der Waals surface area contributed by atoms with Gasteiger partial charge in [-0.15, -0.1) is 0 Å². The maximum atomic E-state index is 13.2. The minimum atomic E-state index is -0.881. The molecule has 25 heavy (non-hydrogen) atoms. The molecule has 1 aliphatic heterocycles. The van der Waals surface area contributed by atoms with Crippen LogP contribution in [0, 0.1) is 0 Å². The Labute approximate surface area is 147 Å². The van der Waals surface area contributed by atoms with Crippen LogP contribution < -0.4 is 0 Å². The molecule has 4 rings (SSSR count). The first-order valence-electron chi connectivity index (χ1n) is 8.88. The van der Waals surface area contributed by atoms with Crippen LogP contribution in [0.3, 0.4) is 0 Å². The van der Waals surface area contributed by atoms with Crippen molar-refractivity contribution in [1.29, 1.82) is 0 Å². The molecule has 2 aliphatic rings. The zero-order valence-electron chi connectivity index (χ0n) is 14.1. The molecule has 0 bridgehead atoms. The fourth-order valence-corrected chi connectivity index (χ4v) is 3.88. The van der Waals surface area contributed by atoms with E-state index in [0.29, 0.717) is 12.4 Å². The smallest absolute Gasteiger partial charge is 0.256 e. The van der Waals surface area contributed by atoms with Crippen LogP contribution in [0.4, 0.5) is 0 Å². The lowest BCUT2D eigenvalue weighted by molar-refractivity contribution is -0.131. The molecule has 1 spiro atoms. The third-order valence-corrected chi connectivity index (χ3v) is 5.22. The van der Waals surface area contributed by atoms with E-state index in [2.05, 4.69) is 0 Å². The van der Waals surface area contributed by atoms with Gasteiger partial charge >= 0.3 is 0 Å². The molecule has 1 saturated carbocycles. The average Bonchev–Trinajstić information content (AvgIpc) is 3.24. The number of carbonyl (C=O) groups is 1. The highest BCUT2D eigenvalue weighted by Crippen LogP contribution is 2.41. The van der Waals surface area contributed by atoms with Gasteiger partial charge in [0, 0.05) is 0 Å². The summed E-state index contributed by atoms with van der Waals surface area (Å²) in [6.45, 7) is 0.449. The summed E-state index contributed by atoms with van der Waals surface area (Å²) in [5, 5.41) is 10.9. The van der Waals surface area contributed by atoms with Crippen molar-refractivity contribution >= 4 is 11.7 Å². The van der Waals surface area contributed by atoms with E-state index in [-0.39, 0.29) is 5.91 Å². The van der Waals surface area contributed by atoms with Crippen LogP contribution >= 0.6 is 0 Å². The first-order valence-corrected chi connectivity index (χ1v) is 8.88. The Balaban J connectivity index is 1.70. The van der Waals surface area contributed by atoms with Crippen LogP contribution in [-0.2, 0) is 11.3 Å². The lowest BCUT2D eigenvalue weighted by Crippen LogP contribution is -2.41. The number of carbonyl (C=O) groups excluding carboxylic acids is 1. The van der Waals surface area contributed by atoms with E-state index in [9.17, 15) is 9.90 Å². The number of benzene rings is 2. The summed E-state index contributed by atoms with van der Waals surface area (Å²) >= 11 is 0. The molecule has 1 N–H and O–H groups in total. The number of aliphatic hydroxyl groups excluding tert-OH is 1. The average molecular weight is 334 g/mol. The molecule has 128 valence electrons. The maximum absolute atomic E-state index is 13.2. The summed E-state index contributed by atoms with van der Waals surface area (Å²) in [5.41, 5.74) is 1.15. The summed E-state index contributed by atoms with van der Waals surface area (Å²) in [6.07, 6.45) is 2.71. The molecule has 4 heteroatoms. The number of aliphatic imine (C=N–C) groups is 1. The topological polar surface area (TPSA) is 52.9 Å². The molecule has 1 amide bonds. The fraction of sp³-hybridized carbons (Fsp3) is 0.333. The third kappa shape index (κ3) is 2.87. The van der Waals surface area contributed by atoms with Crippen molar-refractivity contribution in [3.05, 3.63) is 71.8 Å². The quantitative estimate of drug-likeness (QED) is 0.931. The third-order valence-electron chi connectivity index (χ3n) is 5.22. The normalized spacial score (nSPS) is 20.1. The highest BCUT2D eigenvalue weighted by atomic mass is 16.3. The molecular formula is C21H22N2O2. The van der Waals surface area contributed by atoms with Gasteiger partial charge in [0.05, 0.1) is 6.54 Å². The zero-order chi connectivity index (χ0) is 17.3. The Morgan fingerprint density at radius 1 is 1.00 bits per heavy atom. The molecule has 2 aromatic rings. The molecule has 1 heterocycles. The highest BCUT2D eigenvalue weighted by molar-refractivity contribution is 6.10. The van der Waals surface area contributed by atoms with Crippen molar-refractivity contribution in [3.63, 3.8) is 0 Å². The summed E-state index contributed by atoms with van der Waals surface area (Å²) < 4.78 is 0. The van der Waals surface area contributed by atoms with E-state index in [1.54, 1.807) is 4.90 Å². The van der Waals surface area contributed by atoms with Crippen LogP contribution in [0.1, 0.15) is 42.9 Å². The first-order chi connectivity index (χ1) is 12.2. The molecule has 2 aromatic carbocycles. The number of amides is 1. The largest absolute Gasteiger partial charge is 0.380 e. The molecular weight excluding hydrogens is 312 g/mol. The summed E-state index contributed by atoms with van der Waals surface area (Å²) in [6, 6.07) is 19.3. The van der Waals surface area contributed by atoms with Crippen molar-refractivity contribution in [3.8, 4) is 0 Å². The number of aliphatic hydroxyl groups is 1. The predicted molar refractivity (Wildman–Crippen MR) is 97.0 cm³/mol. The second-order valence-corrected chi connectivity index (χ2v) is 6.90. The van der Waals surface area contributed by atoms with Crippen LogP contribution in [0.2, 0.25) is 0 Å².